The molecular formula is C40H53N3O6S. The molecule has 2 aromatic carbocycles. The summed E-state index contributed by atoms with van der Waals surface area (Å²) in [4.78, 5) is 28.0. The van der Waals surface area contributed by atoms with Gasteiger partial charge in [0.25, 0.3) is 5.91 Å². The van der Waals surface area contributed by atoms with E-state index < -0.39 is 21.5 Å². The highest BCUT2D eigenvalue weighted by atomic mass is 32.2. The third-order valence-electron chi connectivity index (χ3n) is 13.5. The summed E-state index contributed by atoms with van der Waals surface area (Å²) in [6, 6.07) is 11.7. The second kappa shape index (κ2) is 12.4. The molecule has 2 unspecified atom stereocenters. The maximum Gasteiger partial charge on any atom is 0.314 e. The van der Waals surface area contributed by atoms with Gasteiger partial charge in [-0.3, -0.25) is 9.59 Å². The Bertz CT molecular complexity index is 1960. The predicted octanol–water partition coefficient (Wildman–Crippen LogP) is 7.78. The summed E-state index contributed by atoms with van der Waals surface area (Å²) in [5, 5.41) is 1.05. The first kappa shape index (κ1) is 35.1. The Morgan fingerprint density at radius 2 is 1.76 bits per heavy atom. The van der Waals surface area contributed by atoms with Crippen molar-refractivity contribution >= 4 is 33.0 Å². The average molecular weight is 704 g/mol. The van der Waals surface area contributed by atoms with Gasteiger partial charge in [-0.2, -0.15) is 12.7 Å². The van der Waals surface area contributed by atoms with Crippen LogP contribution in [0.25, 0.3) is 22.2 Å². The van der Waals surface area contributed by atoms with E-state index in [1.54, 1.807) is 13.2 Å². The van der Waals surface area contributed by atoms with Crippen LogP contribution in [0.1, 0.15) is 119 Å². The summed E-state index contributed by atoms with van der Waals surface area (Å²) in [6.07, 6.45) is 9.65. The van der Waals surface area contributed by atoms with E-state index in [2.05, 4.69) is 49.1 Å². The number of benzene rings is 2. The summed E-state index contributed by atoms with van der Waals surface area (Å²) < 4.78 is 42.8. The number of hydrogen-bond acceptors (Lipinski definition) is 6. The van der Waals surface area contributed by atoms with Crippen LogP contribution in [0.2, 0.25) is 0 Å². The van der Waals surface area contributed by atoms with E-state index in [4.69, 9.17) is 9.47 Å². The van der Waals surface area contributed by atoms with Crippen LogP contribution in [-0.2, 0) is 26.3 Å². The van der Waals surface area contributed by atoms with Gasteiger partial charge >= 0.3 is 16.2 Å². The normalized spacial score (nSPS) is 27.3. The van der Waals surface area contributed by atoms with E-state index in [1.165, 1.54) is 26.1 Å². The zero-order valence-corrected chi connectivity index (χ0v) is 31.5. The van der Waals surface area contributed by atoms with E-state index in [9.17, 15) is 18.0 Å². The number of esters is 1. The number of nitrogens with one attached hydrogen (secondary N) is 1. The number of aromatic nitrogens is 1. The molecule has 2 heterocycles. The second-order valence-electron chi connectivity index (χ2n) is 16.5. The molecule has 1 aromatic heterocycles. The minimum Gasteiger partial charge on any atom is -0.497 e. The second-order valence-corrected chi connectivity index (χ2v) is 18.4. The Hall–Kier alpha value is -3.37. The molecule has 270 valence electrons. The number of fused-ring (bicyclic) bond motifs is 7. The maximum atomic E-state index is 14.6. The van der Waals surface area contributed by atoms with Gasteiger partial charge in [0.05, 0.1) is 24.8 Å². The molecule has 0 radical (unpaired) electrons. The van der Waals surface area contributed by atoms with Crippen molar-refractivity contribution in [1.29, 1.82) is 0 Å². The van der Waals surface area contributed by atoms with Gasteiger partial charge in [-0.05, 0) is 90.8 Å². The van der Waals surface area contributed by atoms with Crippen LogP contribution < -0.4 is 9.46 Å². The SMILES string of the molecule is CC[C@@H]1CC[C@](C)(COC(=O)C23CC2c2cc(OC)ccc2-c2c(C4CCCCC4)c4ccc(C(=O)NS(=O)(=O)N(C)C)cc4n2C3)C1(C)C. The van der Waals surface area contributed by atoms with Gasteiger partial charge in [0.2, 0.25) is 0 Å². The maximum absolute atomic E-state index is 14.6. The van der Waals surface area contributed by atoms with Crippen LogP contribution in [0.15, 0.2) is 36.4 Å². The highest BCUT2D eigenvalue weighted by Crippen LogP contribution is 2.66. The number of carbonyl (C=O) groups excluding carboxylic acids is 2. The molecule has 3 fully saturated rings. The molecule has 4 atom stereocenters. The summed E-state index contributed by atoms with van der Waals surface area (Å²) in [7, 11) is 0.461. The standard InChI is InChI=1S/C40H53N3O6S/c1-8-27-18-19-39(4,38(27,2)3)24-49-37(45)40-22-32(40)31-21-28(48-7)15-17-29(31)35-34(25-12-10-9-11-13-25)30-16-14-26(20-33(30)43(35)23-40)36(44)41-50(46,47)42(5)6/h14-17,20-21,25,27,32H,8-13,18-19,22-24H2,1-7H3,(H,41,44)/t27-,32?,39-,40?/m1/s1. The monoisotopic (exact) mass is 703 g/mol. The number of carbonyl (C=O) groups is 2. The third kappa shape index (κ3) is 5.47. The van der Waals surface area contributed by atoms with Crippen molar-refractivity contribution in [2.45, 2.75) is 104 Å². The summed E-state index contributed by atoms with van der Waals surface area (Å²) >= 11 is 0. The Balaban J connectivity index is 1.36. The van der Waals surface area contributed by atoms with Gasteiger partial charge in [0, 0.05) is 54.0 Å². The molecule has 3 aliphatic carbocycles. The fourth-order valence-electron chi connectivity index (χ4n) is 9.69. The molecule has 7 rings (SSSR count). The Labute approximate surface area is 297 Å². The van der Waals surface area contributed by atoms with E-state index in [0.717, 1.165) is 82.7 Å². The molecule has 3 aromatic rings. The molecule has 1 aliphatic heterocycles. The van der Waals surface area contributed by atoms with E-state index in [0.29, 0.717) is 31.4 Å². The van der Waals surface area contributed by atoms with Gasteiger partial charge in [-0.25, -0.2) is 4.72 Å². The van der Waals surface area contributed by atoms with Crippen LogP contribution in [0.3, 0.4) is 0 Å². The summed E-state index contributed by atoms with van der Waals surface area (Å²) in [6.45, 7) is 10.0. The lowest BCUT2D eigenvalue weighted by Gasteiger charge is -2.41. The number of nitrogens with zero attached hydrogens (tertiary/aromatic N) is 2. The van der Waals surface area contributed by atoms with Crippen LogP contribution in [0, 0.1) is 22.2 Å². The van der Waals surface area contributed by atoms with Gasteiger partial charge in [0.15, 0.2) is 0 Å². The largest absolute Gasteiger partial charge is 0.497 e. The predicted molar refractivity (Wildman–Crippen MR) is 195 cm³/mol. The van der Waals surface area contributed by atoms with Crippen molar-refractivity contribution in [3.05, 3.63) is 53.1 Å². The van der Waals surface area contributed by atoms with Gasteiger partial charge in [0.1, 0.15) is 5.75 Å². The van der Waals surface area contributed by atoms with Gasteiger partial charge in [-0.15, -0.1) is 0 Å². The van der Waals surface area contributed by atoms with Crippen molar-refractivity contribution in [1.82, 2.24) is 13.6 Å². The Morgan fingerprint density at radius 1 is 1.02 bits per heavy atom. The van der Waals surface area contributed by atoms with Crippen molar-refractivity contribution in [3.63, 3.8) is 0 Å². The zero-order chi connectivity index (χ0) is 35.8. The molecule has 1 N–H and O–H groups in total. The summed E-state index contributed by atoms with van der Waals surface area (Å²) in [5.74, 6) is 0.812. The lowest BCUT2D eigenvalue weighted by atomic mass is 9.65. The average Bonchev–Trinajstić information content (AvgIpc) is 3.70. The van der Waals surface area contributed by atoms with E-state index >= 15 is 0 Å². The van der Waals surface area contributed by atoms with Gasteiger partial charge in [-0.1, -0.05) is 59.4 Å². The Morgan fingerprint density at radius 3 is 2.42 bits per heavy atom. The van der Waals surface area contributed by atoms with Crippen LogP contribution in [-0.4, -0.2) is 57.0 Å². The highest BCUT2D eigenvalue weighted by Gasteiger charge is 2.64. The van der Waals surface area contributed by atoms with Gasteiger partial charge < -0.3 is 14.0 Å². The smallest absolute Gasteiger partial charge is 0.314 e. The number of hydrogen-bond donors (Lipinski definition) is 1. The number of methoxy groups -OCH3 is 1. The minimum atomic E-state index is -3.98. The molecule has 0 bridgehead atoms. The molecule has 3 saturated carbocycles. The lowest BCUT2D eigenvalue weighted by Crippen LogP contribution is -2.39. The first-order chi connectivity index (χ1) is 23.7. The number of ether oxygens (including phenoxy) is 2. The summed E-state index contributed by atoms with van der Waals surface area (Å²) in [5.41, 5.74) is 4.83. The molecule has 9 nitrogen and oxygen atoms in total. The fraction of sp³-hybridized carbons (Fsp3) is 0.600. The lowest BCUT2D eigenvalue weighted by molar-refractivity contribution is -0.157. The molecule has 1 amide bonds. The molecular weight excluding hydrogens is 651 g/mol. The first-order valence-electron chi connectivity index (χ1n) is 18.4. The van der Waals surface area contributed by atoms with Crippen molar-refractivity contribution in [2.24, 2.45) is 22.2 Å². The van der Waals surface area contributed by atoms with E-state index in [1.807, 2.05) is 18.2 Å². The minimum absolute atomic E-state index is 0.0289. The number of amides is 1. The fourth-order valence-corrected chi connectivity index (χ4v) is 10.2. The van der Waals surface area contributed by atoms with Crippen molar-refractivity contribution in [3.8, 4) is 17.0 Å². The quantitative estimate of drug-likeness (QED) is 0.228. The van der Waals surface area contributed by atoms with Crippen LogP contribution in [0.5, 0.6) is 5.75 Å². The number of rotatable bonds is 9. The van der Waals surface area contributed by atoms with E-state index in [-0.39, 0.29) is 28.3 Å². The van der Waals surface area contributed by atoms with Crippen LogP contribution >= 0.6 is 0 Å². The molecule has 0 spiro atoms. The zero-order valence-electron chi connectivity index (χ0n) is 30.7. The van der Waals surface area contributed by atoms with Crippen molar-refractivity contribution in [2.75, 3.05) is 27.8 Å². The van der Waals surface area contributed by atoms with Crippen molar-refractivity contribution < 1.29 is 27.5 Å². The Kier molecular flexibility index (Phi) is 8.69. The highest BCUT2D eigenvalue weighted by molar-refractivity contribution is 7.87. The molecule has 4 aliphatic rings. The van der Waals surface area contributed by atoms with Crippen LogP contribution in [0.4, 0.5) is 0 Å². The molecule has 50 heavy (non-hydrogen) atoms. The first-order valence-corrected chi connectivity index (χ1v) is 19.9. The third-order valence-corrected chi connectivity index (χ3v) is 14.9. The molecule has 0 saturated heterocycles. The molecule has 10 heteroatoms. The topological polar surface area (TPSA) is 107 Å².